The van der Waals surface area contributed by atoms with Gasteiger partial charge in [0.25, 0.3) is 0 Å². The number of hydrogen-bond donors (Lipinski definition) is 0. The Morgan fingerprint density at radius 3 is 1.05 bits per heavy atom. The predicted octanol–water partition coefficient (Wildman–Crippen LogP) is 22.0. The first-order valence-corrected chi connectivity index (χ1v) is 28.5. The summed E-state index contributed by atoms with van der Waals surface area (Å²) in [6, 6.07) is 92.5. The van der Waals surface area contributed by atoms with Gasteiger partial charge >= 0.3 is 0 Å². The molecule has 0 unspecified atom stereocenters. The topological polar surface area (TPSA) is 42.6 Å². The van der Waals surface area contributed by atoms with Gasteiger partial charge in [-0.05, 0) is 144 Å². The second-order valence-electron chi connectivity index (χ2n) is 22.4. The van der Waals surface area contributed by atoms with Gasteiger partial charge < -0.3 is 27.8 Å². The summed E-state index contributed by atoms with van der Waals surface area (Å²) < 4.78 is 19.0. The summed E-state index contributed by atoms with van der Waals surface area (Å²) in [5.41, 5.74) is 19.1. The number of nitrogens with zero attached hydrogens (tertiary/aromatic N) is 4. The van der Waals surface area contributed by atoms with Crippen molar-refractivity contribution < 1.29 is 8.83 Å². The van der Waals surface area contributed by atoms with Crippen molar-refractivity contribution in [1.82, 2.24) is 9.13 Å². The van der Waals surface area contributed by atoms with Crippen LogP contribution >= 0.6 is 0 Å². The second kappa shape index (κ2) is 18.7. The van der Waals surface area contributed by atoms with Gasteiger partial charge in [-0.2, -0.15) is 0 Å². The third-order valence-corrected chi connectivity index (χ3v) is 17.0. The van der Waals surface area contributed by atoms with E-state index in [0.717, 1.165) is 111 Å². The van der Waals surface area contributed by atoms with Crippen molar-refractivity contribution in [3.8, 4) is 11.4 Å². The largest absolute Gasteiger partial charge is 0.455 e. The van der Waals surface area contributed by atoms with Crippen molar-refractivity contribution in [2.45, 2.75) is 39.5 Å². The van der Waals surface area contributed by atoms with Crippen LogP contribution in [0.15, 0.2) is 264 Å². The molecular formula is C76H56N4O2. The van der Waals surface area contributed by atoms with E-state index in [4.69, 9.17) is 8.83 Å². The van der Waals surface area contributed by atoms with E-state index in [1.54, 1.807) is 0 Å². The van der Waals surface area contributed by atoms with Crippen LogP contribution in [-0.2, 0) is 0 Å². The van der Waals surface area contributed by atoms with Gasteiger partial charge in [0.15, 0.2) is 0 Å². The van der Waals surface area contributed by atoms with Crippen LogP contribution in [-0.4, -0.2) is 9.13 Å². The fourth-order valence-corrected chi connectivity index (χ4v) is 13.1. The second-order valence-corrected chi connectivity index (χ2v) is 22.4. The van der Waals surface area contributed by atoms with E-state index in [9.17, 15) is 0 Å². The quantitative estimate of drug-likeness (QED) is 0.137. The maximum absolute atomic E-state index is 7.09. The van der Waals surface area contributed by atoms with Crippen molar-refractivity contribution >= 4 is 132 Å². The molecule has 12 aromatic carbocycles. The molecule has 0 aliphatic heterocycles. The molecule has 0 amide bonds. The molecule has 0 fully saturated rings. The minimum Gasteiger partial charge on any atom is -0.455 e. The van der Waals surface area contributed by atoms with Gasteiger partial charge in [-0.25, -0.2) is 0 Å². The molecule has 0 spiro atoms. The zero-order valence-electron chi connectivity index (χ0n) is 46.0. The van der Waals surface area contributed by atoms with Gasteiger partial charge in [-0.1, -0.05) is 149 Å². The summed E-state index contributed by atoms with van der Waals surface area (Å²) in [5.74, 6) is 0.878. The summed E-state index contributed by atoms with van der Waals surface area (Å²) in [4.78, 5) is 4.75. The van der Waals surface area contributed by atoms with Crippen molar-refractivity contribution in [3.63, 3.8) is 0 Å². The van der Waals surface area contributed by atoms with Crippen molar-refractivity contribution in [2.24, 2.45) is 0 Å². The number of para-hydroxylation sites is 6. The van der Waals surface area contributed by atoms with E-state index in [2.05, 4.69) is 301 Å². The van der Waals surface area contributed by atoms with Gasteiger partial charge in [0.05, 0.1) is 33.4 Å². The fraction of sp³-hybridized carbons (Fsp3) is 0.0789. The van der Waals surface area contributed by atoms with Crippen LogP contribution in [0.2, 0.25) is 0 Å². The van der Waals surface area contributed by atoms with Crippen LogP contribution in [0.5, 0.6) is 0 Å². The lowest BCUT2D eigenvalue weighted by atomic mass is 10.0. The zero-order chi connectivity index (χ0) is 54.7. The summed E-state index contributed by atoms with van der Waals surface area (Å²) in [6.07, 6.45) is 0. The van der Waals surface area contributed by atoms with Crippen LogP contribution in [0.25, 0.3) is 110 Å². The van der Waals surface area contributed by atoms with Gasteiger partial charge in [0.1, 0.15) is 22.3 Å². The molecule has 16 aromatic rings. The van der Waals surface area contributed by atoms with E-state index in [0.29, 0.717) is 11.8 Å². The van der Waals surface area contributed by atoms with Crippen LogP contribution in [0.1, 0.15) is 50.7 Å². The van der Waals surface area contributed by atoms with Gasteiger partial charge in [-0.3, -0.25) is 0 Å². The van der Waals surface area contributed by atoms with Crippen molar-refractivity contribution in [1.29, 1.82) is 0 Å². The zero-order valence-corrected chi connectivity index (χ0v) is 46.0. The van der Waals surface area contributed by atoms with E-state index in [-0.39, 0.29) is 0 Å². The van der Waals surface area contributed by atoms with Gasteiger partial charge in [0, 0.05) is 100 Å². The number of hydrogen-bond acceptors (Lipinski definition) is 4. The monoisotopic (exact) mass is 1060 g/mol. The first-order valence-electron chi connectivity index (χ1n) is 28.5. The average Bonchev–Trinajstić information content (AvgIpc) is 2.69. The Hall–Kier alpha value is -10.3. The number of anilines is 6. The minimum atomic E-state index is 0.439. The molecule has 392 valence electrons. The first-order chi connectivity index (χ1) is 40.3. The molecule has 4 heterocycles. The number of benzene rings is 12. The Balaban J connectivity index is 0.836. The molecule has 16 rings (SSSR count). The molecule has 0 bridgehead atoms. The molecule has 6 heteroatoms. The smallest absolute Gasteiger partial charge is 0.143 e. The lowest BCUT2D eigenvalue weighted by Crippen LogP contribution is -2.11. The third-order valence-electron chi connectivity index (χ3n) is 17.0. The summed E-state index contributed by atoms with van der Waals surface area (Å²) >= 11 is 0. The van der Waals surface area contributed by atoms with E-state index in [1.165, 1.54) is 43.7 Å². The highest BCUT2D eigenvalue weighted by Crippen LogP contribution is 2.48. The van der Waals surface area contributed by atoms with E-state index < -0.39 is 0 Å². The average molecular weight is 1060 g/mol. The van der Waals surface area contributed by atoms with Gasteiger partial charge in [0.2, 0.25) is 0 Å². The Morgan fingerprint density at radius 1 is 0.293 bits per heavy atom. The predicted molar refractivity (Wildman–Crippen MR) is 345 cm³/mol. The number of aromatic nitrogens is 2. The highest BCUT2D eigenvalue weighted by Gasteiger charge is 2.26. The molecule has 0 saturated heterocycles. The number of fused-ring (bicyclic) bond motifs is 15. The molecule has 0 atom stereocenters. The first kappa shape index (κ1) is 47.7. The van der Waals surface area contributed by atoms with Crippen LogP contribution in [0.3, 0.4) is 0 Å². The molecule has 0 aliphatic carbocycles. The van der Waals surface area contributed by atoms with Crippen molar-refractivity contribution in [2.75, 3.05) is 9.80 Å². The number of rotatable bonds is 10. The summed E-state index contributed by atoms with van der Waals surface area (Å²) in [7, 11) is 0. The maximum atomic E-state index is 7.09. The molecule has 0 saturated carbocycles. The van der Waals surface area contributed by atoms with Crippen molar-refractivity contribution in [3.05, 3.63) is 266 Å². The molecule has 0 radical (unpaired) electrons. The van der Waals surface area contributed by atoms with Crippen LogP contribution in [0.4, 0.5) is 34.1 Å². The van der Waals surface area contributed by atoms with Gasteiger partial charge in [-0.15, -0.1) is 0 Å². The Bertz CT molecular complexity index is 4830. The highest BCUT2D eigenvalue weighted by molar-refractivity contribution is 6.23. The minimum absolute atomic E-state index is 0.439. The molecule has 82 heavy (non-hydrogen) atoms. The Labute approximate surface area is 474 Å². The molecular weight excluding hydrogens is 1000 g/mol. The van der Waals surface area contributed by atoms with E-state index >= 15 is 0 Å². The normalized spacial score (nSPS) is 12.1. The maximum Gasteiger partial charge on any atom is 0.143 e. The van der Waals surface area contributed by atoms with E-state index in [1.807, 2.05) is 0 Å². The lowest BCUT2D eigenvalue weighted by Gasteiger charge is -2.27. The standard InChI is InChI=1S/C76H56N4O2/c1-47(2)49-29-33-53(34-30-49)79-67-25-13-11-21-57(67)61-23-15-27-69(73(61)79)77(51-17-7-5-8-18-51)55-37-39-59-63-41-43-66-65(75(63)81-71(59)45-55)44-42-64-60-40-38-56(46-72(60)82-76(64)66)78(52-19-9-6-10-20-52)70-28-16-24-62-58-22-12-14-26-68(58)80(74(62)70)54-35-31-50(32-36-54)48(3)4/h5-48H,1-4H3. The molecule has 6 nitrogen and oxygen atoms in total. The van der Waals surface area contributed by atoms with Crippen LogP contribution < -0.4 is 9.80 Å². The fourth-order valence-electron chi connectivity index (χ4n) is 13.1. The molecule has 0 aliphatic rings. The SMILES string of the molecule is CC(C)c1ccc(-n2c3ccccc3c3cccc(N(c4ccccc4)c4ccc5c(c4)oc4c5ccc5c4ccc4c6ccc(N(c7ccccc7)c7cccc8c9ccccc9n(-c9ccc(C(C)C)cc9)c78)cc6oc45)c32)cc1. The number of furan rings is 2. The highest BCUT2D eigenvalue weighted by atomic mass is 16.3. The Morgan fingerprint density at radius 2 is 0.646 bits per heavy atom. The summed E-state index contributed by atoms with van der Waals surface area (Å²) in [5, 5.41) is 11.1. The summed E-state index contributed by atoms with van der Waals surface area (Å²) in [6.45, 7) is 8.99. The Kier molecular flexibility index (Phi) is 10.8. The molecule has 4 aromatic heterocycles. The molecule has 0 N–H and O–H groups in total. The lowest BCUT2D eigenvalue weighted by molar-refractivity contribution is 0.669. The third kappa shape index (κ3) is 7.34. The van der Waals surface area contributed by atoms with Crippen LogP contribution in [0, 0.1) is 0 Å².